The standard InChI is InChI=1S/C9H9N3OS/c1-6-4-3-5-7-8(6)12(2)9(14-7)10-11-13/h3-5H,1-2H3/b10-9-. The summed E-state index contributed by atoms with van der Waals surface area (Å²) in [5, 5.41) is 6.09. The summed E-state index contributed by atoms with van der Waals surface area (Å²) in [5.41, 5.74) is 2.29. The Hall–Kier alpha value is -1.49. The molecule has 0 atom stereocenters. The summed E-state index contributed by atoms with van der Waals surface area (Å²) in [7, 11) is 1.88. The number of hydrogen-bond donors (Lipinski definition) is 0. The Balaban J connectivity index is 2.94. The van der Waals surface area contributed by atoms with Crippen LogP contribution in [0.2, 0.25) is 0 Å². The molecule has 1 heterocycles. The van der Waals surface area contributed by atoms with Crippen LogP contribution in [-0.2, 0) is 7.05 Å². The molecule has 0 aliphatic rings. The lowest BCUT2D eigenvalue weighted by Crippen LogP contribution is -2.09. The Kier molecular flexibility index (Phi) is 2.17. The highest BCUT2D eigenvalue weighted by atomic mass is 32.1. The van der Waals surface area contributed by atoms with Gasteiger partial charge in [0.05, 0.1) is 15.5 Å². The topological polar surface area (TPSA) is 46.7 Å². The number of nitrogens with zero attached hydrogens (tertiary/aromatic N) is 3. The second-order valence-corrected chi connectivity index (χ2v) is 4.06. The van der Waals surface area contributed by atoms with Crippen molar-refractivity contribution in [3.05, 3.63) is 33.5 Å². The maximum absolute atomic E-state index is 10.1. The van der Waals surface area contributed by atoms with Crippen LogP contribution in [-0.4, -0.2) is 4.57 Å². The fraction of sp³-hybridized carbons (Fsp3) is 0.222. The highest BCUT2D eigenvalue weighted by Gasteiger charge is 2.04. The van der Waals surface area contributed by atoms with E-state index in [0.29, 0.717) is 4.80 Å². The monoisotopic (exact) mass is 207 g/mol. The van der Waals surface area contributed by atoms with Crippen molar-refractivity contribution in [2.24, 2.45) is 17.4 Å². The molecule has 0 unspecified atom stereocenters. The molecule has 2 rings (SSSR count). The molecule has 0 spiro atoms. The van der Waals surface area contributed by atoms with E-state index in [9.17, 15) is 4.91 Å². The number of aromatic nitrogens is 1. The van der Waals surface area contributed by atoms with Gasteiger partial charge in [-0.3, -0.25) is 0 Å². The molecule has 0 saturated heterocycles. The lowest BCUT2D eigenvalue weighted by Gasteiger charge is -1.97. The second-order valence-electron chi connectivity index (χ2n) is 3.05. The number of aryl methyl sites for hydroxylation is 2. The molecule has 0 saturated carbocycles. The van der Waals surface area contributed by atoms with Crippen LogP contribution >= 0.6 is 11.3 Å². The summed E-state index contributed by atoms with van der Waals surface area (Å²) in [6, 6.07) is 6.04. The number of thiazole rings is 1. The average Bonchev–Trinajstić information content (AvgIpc) is 2.46. The summed E-state index contributed by atoms with van der Waals surface area (Å²) in [6.07, 6.45) is 0. The lowest BCUT2D eigenvalue weighted by atomic mass is 10.2. The van der Waals surface area contributed by atoms with Crippen LogP contribution < -0.4 is 4.80 Å². The lowest BCUT2D eigenvalue weighted by molar-refractivity contribution is 0.883. The smallest absolute Gasteiger partial charge is 0.214 e. The fourth-order valence-electron chi connectivity index (χ4n) is 1.53. The molecule has 5 heteroatoms. The van der Waals surface area contributed by atoms with Gasteiger partial charge in [0.1, 0.15) is 0 Å². The second kappa shape index (κ2) is 3.34. The summed E-state index contributed by atoms with van der Waals surface area (Å²) in [6.45, 7) is 2.03. The summed E-state index contributed by atoms with van der Waals surface area (Å²) < 4.78 is 3.01. The van der Waals surface area contributed by atoms with Gasteiger partial charge in [0.25, 0.3) is 0 Å². The zero-order chi connectivity index (χ0) is 10.1. The van der Waals surface area contributed by atoms with Crippen molar-refractivity contribution < 1.29 is 0 Å². The third-order valence-electron chi connectivity index (χ3n) is 2.15. The zero-order valence-electron chi connectivity index (χ0n) is 7.89. The minimum Gasteiger partial charge on any atom is -0.318 e. The molecular weight excluding hydrogens is 198 g/mol. The molecule has 0 bridgehead atoms. The SMILES string of the molecule is Cc1cccc2s/c(=N\N=O)n(C)c12. The van der Waals surface area contributed by atoms with Crippen molar-refractivity contribution in [3.63, 3.8) is 0 Å². The minimum atomic E-state index is 0.629. The first-order valence-corrected chi connectivity index (χ1v) is 4.97. The van der Waals surface area contributed by atoms with Crippen molar-refractivity contribution >= 4 is 21.6 Å². The van der Waals surface area contributed by atoms with Crippen molar-refractivity contribution in [1.82, 2.24) is 4.57 Å². The van der Waals surface area contributed by atoms with E-state index in [0.717, 1.165) is 10.2 Å². The molecule has 14 heavy (non-hydrogen) atoms. The predicted molar refractivity (Wildman–Crippen MR) is 56.9 cm³/mol. The van der Waals surface area contributed by atoms with E-state index in [1.807, 2.05) is 36.7 Å². The van der Waals surface area contributed by atoms with Crippen molar-refractivity contribution in [2.45, 2.75) is 6.92 Å². The van der Waals surface area contributed by atoms with Gasteiger partial charge >= 0.3 is 0 Å². The molecule has 0 aliphatic carbocycles. The number of nitroso groups, excluding NO2 is 1. The first kappa shape index (κ1) is 9.08. The molecule has 0 aliphatic heterocycles. The van der Waals surface area contributed by atoms with Gasteiger partial charge in [-0.2, -0.15) is 0 Å². The summed E-state index contributed by atoms with van der Waals surface area (Å²) in [5.74, 6) is 0. The van der Waals surface area contributed by atoms with Crippen molar-refractivity contribution in [1.29, 1.82) is 0 Å². The number of para-hydroxylation sites is 1. The van der Waals surface area contributed by atoms with Crippen LogP contribution in [0, 0.1) is 11.8 Å². The number of benzene rings is 1. The maximum atomic E-state index is 10.1. The van der Waals surface area contributed by atoms with Crippen LogP contribution in [0.15, 0.2) is 28.6 Å². The van der Waals surface area contributed by atoms with Gasteiger partial charge < -0.3 is 4.57 Å². The molecule has 0 N–H and O–H groups in total. The van der Waals surface area contributed by atoms with Gasteiger partial charge in [0.15, 0.2) is 0 Å². The van der Waals surface area contributed by atoms with Gasteiger partial charge in [0.2, 0.25) is 4.80 Å². The molecule has 0 amide bonds. The van der Waals surface area contributed by atoms with Gasteiger partial charge in [-0.15, -0.1) is 4.91 Å². The molecule has 2 aromatic rings. The Morgan fingerprint density at radius 3 is 2.86 bits per heavy atom. The van der Waals surface area contributed by atoms with E-state index in [2.05, 4.69) is 10.4 Å². The van der Waals surface area contributed by atoms with E-state index in [1.165, 1.54) is 16.9 Å². The number of fused-ring (bicyclic) bond motifs is 1. The first-order chi connectivity index (χ1) is 6.74. The quantitative estimate of drug-likeness (QED) is 0.522. The van der Waals surface area contributed by atoms with Gasteiger partial charge in [0, 0.05) is 7.05 Å². The van der Waals surface area contributed by atoms with E-state index >= 15 is 0 Å². The zero-order valence-corrected chi connectivity index (χ0v) is 8.71. The average molecular weight is 207 g/mol. The predicted octanol–water partition coefficient (Wildman–Crippen LogP) is 2.13. The number of hydrogen-bond acceptors (Lipinski definition) is 3. The Bertz CT molecular complexity index is 553. The van der Waals surface area contributed by atoms with Gasteiger partial charge in [-0.05, 0) is 18.6 Å². The molecule has 1 aromatic carbocycles. The Morgan fingerprint density at radius 1 is 1.43 bits per heavy atom. The minimum absolute atomic E-state index is 0.629. The maximum Gasteiger partial charge on any atom is 0.214 e. The summed E-state index contributed by atoms with van der Waals surface area (Å²) >= 11 is 1.47. The van der Waals surface area contributed by atoms with Gasteiger partial charge in [-0.25, -0.2) is 0 Å². The third-order valence-corrected chi connectivity index (χ3v) is 3.24. The highest BCUT2D eigenvalue weighted by molar-refractivity contribution is 7.16. The van der Waals surface area contributed by atoms with Crippen LogP contribution in [0.3, 0.4) is 0 Å². The Labute approximate surface area is 84.5 Å². The van der Waals surface area contributed by atoms with E-state index in [1.54, 1.807) is 0 Å². The largest absolute Gasteiger partial charge is 0.318 e. The molecule has 0 fully saturated rings. The molecule has 0 radical (unpaired) electrons. The summed E-state index contributed by atoms with van der Waals surface area (Å²) in [4.78, 5) is 10.7. The van der Waals surface area contributed by atoms with Crippen LogP contribution in [0.5, 0.6) is 0 Å². The number of rotatable bonds is 1. The van der Waals surface area contributed by atoms with Crippen LogP contribution in [0.25, 0.3) is 10.2 Å². The third kappa shape index (κ3) is 1.26. The Morgan fingerprint density at radius 2 is 2.21 bits per heavy atom. The molecule has 72 valence electrons. The molecule has 4 nitrogen and oxygen atoms in total. The first-order valence-electron chi connectivity index (χ1n) is 4.15. The van der Waals surface area contributed by atoms with Crippen molar-refractivity contribution in [3.8, 4) is 0 Å². The normalized spacial score (nSPS) is 12.3. The molecular formula is C9H9N3OS. The van der Waals surface area contributed by atoms with E-state index in [-0.39, 0.29) is 0 Å². The van der Waals surface area contributed by atoms with E-state index in [4.69, 9.17) is 0 Å². The molecule has 1 aromatic heterocycles. The fourth-order valence-corrected chi connectivity index (χ4v) is 2.57. The van der Waals surface area contributed by atoms with E-state index < -0.39 is 0 Å². The van der Waals surface area contributed by atoms with Crippen LogP contribution in [0.4, 0.5) is 0 Å². The van der Waals surface area contributed by atoms with Crippen LogP contribution in [0.1, 0.15) is 5.56 Å². The van der Waals surface area contributed by atoms with Gasteiger partial charge in [-0.1, -0.05) is 28.6 Å². The van der Waals surface area contributed by atoms with Crippen molar-refractivity contribution in [2.75, 3.05) is 0 Å². The highest BCUT2D eigenvalue weighted by Crippen LogP contribution is 2.19.